The van der Waals surface area contributed by atoms with Crippen molar-refractivity contribution in [2.75, 3.05) is 0 Å². The van der Waals surface area contributed by atoms with Gasteiger partial charge >= 0.3 is 0 Å². The standard InChI is InChI=1S/C11H13N3S2/c1-7(2)10-9(6-15)16-11(14-10)8-5-12-3-4-13-8/h3-5,7,15H,6H2,1-2H3. The minimum atomic E-state index is 0.420. The van der Waals surface area contributed by atoms with E-state index in [0.717, 1.165) is 22.1 Å². The van der Waals surface area contributed by atoms with E-state index < -0.39 is 0 Å². The highest BCUT2D eigenvalue weighted by molar-refractivity contribution is 7.79. The van der Waals surface area contributed by atoms with E-state index in [4.69, 9.17) is 0 Å². The predicted molar refractivity (Wildman–Crippen MR) is 69.9 cm³/mol. The van der Waals surface area contributed by atoms with Crippen molar-refractivity contribution < 1.29 is 0 Å². The van der Waals surface area contributed by atoms with Gasteiger partial charge in [0.2, 0.25) is 0 Å². The number of thiazole rings is 1. The minimum absolute atomic E-state index is 0.420. The molecule has 2 aromatic rings. The first kappa shape index (κ1) is 11.5. The zero-order chi connectivity index (χ0) is 11.5. The summed E-state index contributed by atoms with van der Waals surface area (Å²) >= 11 is 5.99. The lowest BCUT2D eigenvalue weighted by molar-refractivity contribution is 0.824. The van der Waals surface area contributed by atoms with Crippen LogP contribution >= 0.6 is 24.0 Å². The van der Waals surface area contributed by atoms with Gasteiger partial charge in [0.05, 0.1) is 11.9 Å². The topological polar surface area (TPSA) is 38.7 Å². The minimum Gasteiger partial charge on any atom is -0.261 e. The summed E-state index contributed by atoms with van der Waals surface area (Å²) in [6, 6.07) is 0. The second kappa shape index (κ2) is 4.93. The molecule has 84 valence electrons. The van der Waals surface area contributed by atoms with Gasteiger partial charge in [-0.1, -0.05) is 13.8 Å². The quantitative estimate of drug-likeness (QED) is 0.852. The van der Waals surface area contributed by atoms with Gasteiger partial charge in [-0.25, -0.2) is 4.98 Å². The van der Waals surface area contributed by atoms with Crippen LogP contribution in [0, 0.1) is 0 Å². The molecule has 0 saturated carbocycles. The maximum absolute atomic E-state index is 4.62. The highest BCUT2D eigenvalue weighted by Crippen LogP contribution is 2.31. The van der Waals surface area contributed by atoms with Gasteiger partial charge in [0, 0.05) is 23.0 Å². The summed E-state index contributed by atoms with van der Waals surface area (Å²) in [7, 11) is 0. The third-order valence-electron chi connectivity index (χ3n) is 2.20. The summed E-state index contributed by atoms with van der Waals surface area (Å²) in [6.07, 6.45) is 5.09. The number of nitrogens with zero attached hydrogens (tertiary/aromatic N) is 3. The first-order chi connectivity index (χ1) is 7.72. The lowest BCUT2D eigenvalue weighted by Gasteiger charge is -2.01. The van der Waals surface area contributed by atoms with Gasteiger partial charge in [-0.05, 0) is 5.92 Å². The Labute approximate surface area is 104 Å². The summed E-state index contributed by atoms with van der Waals surface area (Å²) in [6.45, 7) is 4.28. The van der Waals surface area contributed by atoms with E-state index in [-0.39, 0.29) is 0 Å². The molecular weight excluding hydrogens is 238 g/mol. The van der Waals surface area contributed by atoms with Crippen LogP contribution < -0.4 is 0 Å². The van der Waals surface area contributed by atoms with Gasteiger partial charge in [-0.15, -0.1) is 11.3 Å². The Balaban J connectivity index is 2.44. The normalized spacial score (nSPS) is 11.0. The average Bonchev–Trinajstić information content (AvgIpc) is 2.74. The van der Waals surface area contributed by atoms with Gasteiger partial charge in [0.15, 0.2) is 0 Å². The fourth-order valence-electron chi connectivity index (χ4n) is 1.45. The van der Waals surface area contributed by atoms with Crippen molar-refractivity contribution in [2.45, 2.75) is 25.5 Å². The summed E-state index contributed by atoms with van der Waals surface area (Å²) in [5, 5.41) is 0.931. The molecule has 2 rings (SSSR count). The first-order valence-corrected chi connectivity index (χ1v) is 6.54. The van der Waals surface area contributed by atoms with Gasteiger partial charge in [0.1, 0.15) is 10.7 Å². The highest BCUT2D eigenvalue weighted by atomic mass is 32.1. The van der Waals surface area contributed by atoms with Crippen LogP contribution in [0.15, 0.2) is 18.6 Å². The summed E-state index contributed by atoms with van der Waals surface area (Å²) < 4.78 is 0. The summed E-state index contributed by atoms with van der Waals surface area (Å²) in [5.74, 6) is 1.15. The maximum Gasteiger partial charge on any atom is 0.144 e. The second-order valence-electron chi connectivity index (χ2n) is 3.73. The average molecular weight is 251 g/mol. The molecule has 2 aromatic heterocycles. The first-order valence-electron chi connectivity index (χ1n) is 5.09. The van der Waals surface area contributed by atoms with E-state index in [1.54, 1.807) is 29.9 Å². The molecule has 0 amide bonds. The third kappa shape index (κ3) is 2.25. The van der Waals surface area contributed by atoms with Crippen molar-refractivity contribution in [1.29, 1.82) is 0 Å². The molecule has 0 saturated heterocycles. The van der Waals surface area contributed by atoms with Crippen LogP contribution in [0.1, 0.15) is 30.3 Å². The third-order valence-corrected chi connectivity index (χ3v) is 3.82. The summed E-state index contributed by atoms with van der Waals surface area (Å²) in [4.78, 5) is 14.2. The molecule has 5 heteroatoms. The molecule has 16 heavy (non-hydrogen) atoms. The van der Waals surface area contributed by atoms with Gasteiger partial charge in [-0.3, -0.25) is 9.97 Å². The van der Waals surface area contributed by atoms with E-state index in [0.29, 0.717) is 5.92 Å². The smallest absolute Gasteiger partial charge is 0.144 e. The fourth-order valence-corrected chi connectivity index (χ4v) is 2.84. The summed E-state index contributed by atoms with van der Waals surface area (Å²) in [5.41, 5.74) is 1.96. The van der Waals surface area contributed by atoms with Gasteiger partial charge in [-0.2, -0.15) is 12.6 Å². The van der Waals surface area contributed by atoms with Crippen molar-refractivity contribution in [3.8, 4) is 10.7 Å². The van der Waals surface area contributed by atoms with Crippen LogP contribution in [0.5, 0.6) is 0 Å². The second-order valence-corrected chi connectivity index (χ2v) is 5.13. The van der Waals surface area contributed by atoms with E-state index >= 15 is 0 Å². The van der Waals surface area contributed by atoms with Crippen molar-refractivity contribution in [2.24, 2.45) is 0 Å². The predicted octanol–water partition coefficient (Wildman–Crippen LogP) is 3.15. The molecule has 3 nitrogen and oxygen atoms in total. The van der Waals surface area contributed by atoms with Crippen molar-refractivity contribution in [1.82, 2.24) is 15.0 Å². The Morgan fingerprint density at radius 1 is 1.38 bits per heavy atom. The van der Waals surface area contributed by atoms with E-state index in [1.807, 2.05) is 0 Å². The Kier molecular flexibility index (Phi) is 3.56. The van der Waals surface area contributed by atoms with Crippen LogP contribution in [0.4, 0.5) is 0 Å². The van der Waals surface area contributed by atoms with Crippen LogP contribution in [0.2, 0.25) is 0 Å². The molecule has 0 atom stereocenters. The van der Waals surface area contributed by atoms with Gasteiger partial charge < -0.3 is 0 Å². The van der Waals surface area contributed by atoms with Crippen molar-refractivity contribution in [3.63, 3.8) is 0 Å². The molecule has 0 aliphatic rings. The zero-order valence-electron chi connectivity index (χ0n) is 9.21. The number of hydrogen-bond acceptors (Lipinski definition) is 5. The van der Waals surface area contributed by atoms with Gasteiger partial charge in [0.25, 0.3) is 0 Å². The van der Waals surface area contributed by atoms with Crippen LogP contribution in [-0.4, -0.2) is 15.0 Å². The molecule has 0 aromatic carbocycles. The SMILES string of the molecule is CC(C)c1nc(-c2cnccn2)sc1CS. The number of aromatic nitrogens is 3. The van der Waals surface area contributed by atoms with E-state index in [2.05, 4.69) is 41.4 Å². The Morgan fingerprint density at radius 3 is 2.69 bits per heavy atom. The van der Waals surface area contributed by atoms with E-state index in [1.165, 1.54) is 4.88 Å². The molecule has 0 aliphatic carbocycles. The molecular formula is C11H13N3S2. The zero-order valence-corrected chi connectivity index (χ0v) is 10.9. The molecule has 0 radical (unpaired) electrons. The van der Waals surface area contributed by atoms with Crippen LogP contribution in [-0.2, 0) is 5.75 Å². The fraction of sp³-hybridized carbons (Fsp3) is 0.364. The molecule has 2 heterocycles. The number of thiol groups is 1. The molecule has 0 aliphatic heterocycles. The van der Waals surface area contributed by atoms with Crippen LogP contribution in [0.25, 0.3) is 10.7 Å². The molecule has 0 N–H and O–H groups in total. The highest BCUT2D eigenvalue weighted by Gasteiger charge is 2.14. The monoisotopic (exact) mass is 251 g/mol. The lowest BCUT2D eigenvalue weighted by Crippen LogP contribution is -1.91. The number of hydrogen-bond donors (Lipinski definition) is 1. The van der Waals surface area contributed by atoms with Crippen molar-refractivity contribution >= 4 is 24.0 Å². The Morgan fingerprint density at radius 2 is 2.19 bits per heavy atom. The molecule has 0 unspecified atom stereocenters. The number of rotatable bonds is 3. The molecule has 0 fully saturated rings. The Bertz CT molecular complexity index is 465. The Hall–Kier alpha value is -0.940. The van der Waals surface area contributed by atoms with E-state index in [9.17, 15) is 0 Å². The maximum atomic E-state index is 4.62. The lowest BCUT2D eigenvalue weighted by atomic mass is 10.1. The van der Waals surface area contributed by atoms with Crippen LogP contribution in [0.3, 0.4) is 0 Å². The molecule has 0 spiro atoms. The van der Waals surface area contributed by atoms with Crippen molar-refractivity contribution in [3.05, 3.63) is 29.2 Å². The largest absolute Gasteiger partial charge is 0.261 e. The molecule has 0 bridgehead atoms.